The number of carbonyl (C=O) groups excluding carboxylic acids is 2. The van der Waals surface area contributed by atoms with Crippen molar-refractivity contribution in [1.82, 2.24) is 5.32 Å². The zero-order chi connectivity index (χ0) is 15.1. The molecule has 5 nitrogen and oxygen atoms in total. The smallest absolute Gasteiger partial charge is 0.337 e. The van der Waals surface area contributed by atoms with Gasteiger partial charge in [-0.1, -0.05) is 6.92 Å². The molecule has 0 aromatic heterocycles. The van der Waals surface area contributed by atoms with Crippen LogP contribution in [0.5, 0.6) is 0 Å². The van der Waals surface area contributed by atoms with Crippen molar-refractivity contribution in [2.45, 2.75) is 33.2 Å². The Balaban J connectivity index is 2.69. The molecule has 0 bridgehead atoms. The maximum absolute atomic E-state index is 11.9. The Morgan fingerprint density at radius 1 is 1.35 bits per heavy atom. The molecule has 0 fully saturated rings. The highest BCUT2D eigenvalue weighted by atomic mass is 16.5. The number of amides is 1. The van der Waals surface area contributed by atoms with Crippen molar-refractivity contribution in [3.8, 4) is 0 Å². The molecule has 0 aliphatic carbocycles. The van der Waals surface area contributed by atoms with E-state index in [2.05, 4.69) is 15.4 Å². The van der Waals surface area contributed by atoms with E-state index in [0.717, 1.165) is 12.1 Å². The summed E-state index contributed by atoms with van der Waals surface area (Å²) in [6.07, 6.45) is 0.409. The summed E-state index contributed by atoms with van der Waals surface area (Å²) >= 11 is 0. The summed E-state index contributed by atoms with van der Waals surface area (Å²) in [4.78, 5) is 23.3. The molecular weight excluding hydrogens is 256 g/mol. The predicted molar refractivity (Wildman–Crippen MR) is 78.9 cm³/mol. The van der Waals surface area contributed by atoms with Gasteiger partial charge in [-0.25, -0.2) is 4.79 Å². The summed E-state index contributed by atoms with van der Waals surface area (Å²) in [6, 6.07) is 5.20. The van der Waals surface area contributed by atoms with Gasteiger partial charge in [-0.05, 0) is 44.2 Å². The number of rotatable bonds is 6. The highest BCUT2D eigenvalue weighted by molar-refractivity contribution is 5.94. The second kappa shape index (κ2) is 7.65. The Labute approximate surface area is 119 Å². The van der Waals surface area contributed by atoms with Crippen LogP contribution in [-0.4, -0.2) is 31.6 Å². The number of hydrogen-bond acceptors (Lipinski definition) is 4. The highest BCUT2D eigenvalue weighted by Gasteiger charge is 2.11. The highest BCUT2D eigenvalue weighted by Crippen LogP contribution is 2.17. The SMILES string of the molecule is CCNC(C)CC(=O)Nc1ccc(C(=O)OC)cc1C. The van der Waals surface area contributed by atoms with Crippen molar-refractivity contribution < 1.29 is 14.3 Å². The van der Waals surface area contributed by atoms with Gasteiger partial charge in [0.1, 0.15) is 0 Å². The number of methoxy groups -OCH3 is 1. The lowest BCUT2D eigenvalue weighted by Crippen LogP contribution is -2.30. The van der Waals surface area contributed by atoms with Gasteiger partial charge < -0.3 is 15.4 Å². The maximum atomic E-state index is 11.9. The van der Waals surface area contributed by atoms with Crippen molar-refractivity contribution in [2.75, 3.05) is 19.0 Å². The number of nitrogens with one attached hydrogen (secondary N) is 2. The van der Waals surface area contributed by atoms with E-state index in [1.165, 1.54) is 7.11 Å². The molecule has 110 valence electrons. The Bertz CT molecular complexity index is 486. The van der Waals surface area contributed by atoms with Crippen LogP contribution in [0.4, 0.5) is 5.69 Å². The molecule has 1 unspecified atom stereocenters. The number of hydrogen-bond donors (Lipinski definition) is 2. The van der Waals surface area contributed by atoms with Gasteiger partial charge >= 0.3 is 5.97 Å². The topological polar surface area (TPSA) is 67.4 Å². The van der Waals surface area contributed by atoms with Crippen LogP contribution < -0.4 is 10.6 Å². The fourth-order valence-corrected chi connectivity index (χ4v) is 1.95. The van der Waals surface area contributed by atoms with Crippen LogP contribution in [-0.2, 0) is 9.53 Å². The molecule has 1 rings (SSSR count). The lowest BCUT2D eigenvalue weighted by molar-refractivity contribution is -0.116. The number of anilines is 1. The third kappa shape index (κ3) is 4.66. The monoisotopic (exact) mass is 278 g/mol. The first-order valence-corrected chi connectivity index (χ1v) is 6.70. The van der Waals surface area contributed by atoms with Crippen molar-refractivity contribution in [1.29, 1.82) is 0 Å². The van der Waals surface area contributed by atoms with Crippen LogP contribution in [0.15, 0.2) is 18.2 Å². The number of esters is 1. The standard InChI is InChI=1S/C15H22N2O3/c1-5-16-11(3)9-14(18)17-13-7-6-12(8-10(13)2)15(19)20-4/h6-8,11,16H,5,9H2,1-4H3,(H,17,18). The fraction of sp³-hybridized carbons (Fsp3) is 0.467. The van der Waals surface area contributed by atoms with E-state index >= 15 is 0 Å². The van der Waals surface area contributed by atoms with Crippen LogP contribution in [0.2, 0.25) is 0 Å². The zero-order valence-corrected chi connectivity index (χ0v) is 12.4. The number of carbonyl (C=O) groups is 2. The minimum atomic E-state index is -0.383. The largest absolute Gasteiger partial charge is 0.465 e. The van der Waals surface area contributed by atoms with Gasteiger partial charge in [-0.15, -0.1) is 0 Å². The zero-order valence-electron chi connectivity index (χ0n) is 12.4. The van der Waals surface area contributed by atoms with Crippen LogP contribution in [0.1, 0.15) is 36.2 Å². The molecule has 1 aromatic rings. The van der Waals surface area contributed by atoms with Gasteiger partial charge in [0.2, 0.25) is 5.91 Å². The van der Waals surface area contributed by atoms with Crippen LogP contribution in [0, 0.1) is 6.92 Å². The van der Waals surface area contributed by atoms with Crippen molar-refractivity contribution in [3.63, 3.8) is 0 Å². The Morgan fingerprint density at radius 3 is 2.60 bits per heavy atom. The number of ether oxygens (including phenoxy) is 1. The van der Waals surface area contributed by atoms with E-state index in [1.807, 2.05) is 20.8 Å². The molecule has 1 atom stereocenters. The quantitative estimate of drug-likeness (QED) is 0.782. The molecule has 2 N–H and O–H groups in total. The van der Waals surface area contributed by atoms with E-state index in [1.54, 1.807) is 18.2 Å². The summed E-state index contributed by atoms with van der Waals surface area (Å²) < 4.78 is 4.66. The second-order valence-electron chi connectivity index (χ2n) is 4.73. The fourth-order valence-electron chi connectivity index (χ4n) is 1.95. The third-order valence-electron chi connectivity index (χ3n) is 2.97. The van der Waals surface area contributed by atoms with Crippen LogP contribution in [0.25, 0.3) is 0 Å². The van der Waals surface area contributed by atoms with E-state index < -0.39 is 0 Å². The van der Waals surface area contributed by atoms with E-state index in [9.17, 15) is 9.59 Å². The number of benzene rings is 1. The minimum Gasteiger partial charge on any atom is -0.465 e. The van der Waals surface area contributed by atoms with Crippen molar-refractivity contribution in [2.24, 2.45) is 0 Å². The van der Waals surface area contributed by atoms with Gasteiger partial charge in [0.15, 0.2) is 0 Å². The summed E-state index contributed by atoms with van der Waals surface area (Å²) in [6.45, 7) is 6.65. The number of aryl methyl sites for hydroxylation is 1. The normalized spacial score (nSPS) is 11.8. The summed E-state index contributed by atoms with van der Waals surface area (Å²) in [5, 5.41) is 6.04. The molecule has 0 radical (unpaired) electrons. The molecular formula is C15H22N2O3. The lowest BCUT2D eigenvalue weighted by Gasteiger charge is -2.13. The molecule has 0 aliphatic rings. The second-order valence-corrected chi connectivity index (χ2v) is 4.73. The Kier molecular flexibility index (Phi) is 6.18. The summed E-state index contributed by atoms with van der Waals surface area (Å²) in [5.41, 5.74) is 2.02. The molecule has 0 spiro atoms. The average Bonchev–Trinajstić information content (AvgIpc) is 2.40. The van der Waals surface area contributed by atoms with E-state index in [0.29, 0.717) is 17.7 Å². The molecule has 5 heteroatoms. The van der Waals surface area contributed by atoms with Crippen molar-refractivity contribution in [3.05, 3.63) is 29.3 Å². The van der Waals surface area contributed by atoms with E-state index in [4.69, 9.17) is 0 Å². The van der Waals surface area contributed by atoms with Gasteiger partial charge in [0.25, 0.3) is 0 Å². The first-order valence-electron chi connectivity index (χ1n) is 6.70. The molecule has 0 saturated carbocycles. The third-order valence-corrected chi connectivity index (χ3v) is 2.97. The Morgan fingerprint density at radius 2 is 2.05 bits per heavy atom. The van der Waals surface area contributed by atoms with Crippen molar-refractivity contribution >= 4 is 17.6 Å². The van der Waals surface area contributed by atoms with Gasteiger partial charge in [-0.3, -0.25) is 4.79 Å². The maximum Gasteiger partial charge on any atom is 0.337 e. The van der Waals surface area contributed by atoms with Gasteiger partial charge in [0.05, 0.1) is 12.7 Å². The summed E-state index contributed by atoms with van der Waals surface area (Å²) in [7, 11) is 1.34. The predicted octanol–water partition coefficient (Wildman–Crippen LogP) is 2.11. The Hall–Kier alpha value is -1.88. The molecule has 0 aliphatic heterocycles. The lowest BCUT2D eigenvalue weighted by atomic mass is 10.1. The summed E-state index contributed by atoms with van der Waals surface area (Å²) in [5.74, 6) is -0.431. The minimum absolute atomic E-state index is 0.0487. The van der Waals surface area contributed by atoms with Crippen LogP contribution >= 0.6 is 0 Å². The molecule has 0 heterocycles. The van der Waals surface area contributed by atoms with Gasteiger partial charge in [-0.2, -0.15) is 0 Å². The first-order chi connectivity index (χ1) is 9.47. The van der Waals surface area contributed by atoms with E-state index in [-0.39, 0.29) is 17.9 Å². The molecule has 1 aromatic carbocycles. The molecule has 0 saturated heterocycles. The molecule has 20 heavy (non-hydrogen) atoms. The first kappa shape index (κ1) is 16.2. The molecule has 1 amide bonds. The van der Waals surface area contributed by atoms with Gasteiger partial charge in [0, 0.05) is 18.2 Å². The van der Waals surface area contributed by atoms with Crippen LogP contribution in [0.3, 0.4) is 0 Å². The average molecular weight is 278 g/mol.